The van der Waals surface area contributed by atoms with Gasteiger partial charge >= 0.3 is 5.97 Å². The number of carbonyl (C=O) groups is 2. The molecular weight excluding hydrogens is 364 g/mol. The normalized spacial score (nSPS) is 23.3. The number of pyridine rings is 1. The number of aliphatic carboxylic acids is 1. The molecule has 1 aromatic heterocycles. The number of β-lactam (4-membered cyclic amide) rings is 1. The fourth-order valence-corrected chi connectivity index (χ4v) is 5.80. The number of aromatic nitrogens is 1. The van der Waals surface area contributed by atoms with Crippen LogP contribution in [0.1, 0.15) is 6.92 Å². The molecule has 3 heterocycles. The Labute approximate surface area is 153 Å². The molecule has 7 nitrogen and oxygen atoms in total. The number of amides is 1. The predicted molar refractivity (Wildman–Crippen MR) is 93.7 cm³/mol. The van der Waals surface area contributed by atoms with E-state index in [9.17, 15) is 19.8 Å². The second-order valence-corrected chi connectivity index (χ2v) is 8.24. The number of hydrogen-bond acceptors (Lipinski definition) is 6. The maximum atomic E-state index is 12.1. The number of fused-ring (bicyclic) bond motifs is 1. The van der Waals surface area contributed by atoms with Crippen LogP contribution in [0.5, 0.6) is 5.75 Å². The van der Waals surface area contributed by atoms with Gasteiger partial charge in [-0.25, -0.2) is 9.36 Å². The van der Waals surface area contributed by atoms with Crippen LogP contribution in [-0.4, -0.2) is 51.3 Å². The highest BCUT2D eigenvalue weighted by molar-refractivity contribution is 8.22. The lowest BCUT2D eigenvalue weighted by Crippen LogP contribution is -2.60. The van der Waals surface area contributed by atoms with E-state index in [1.807, 2.05) is 29.1 Å². The summed E-state index contributed by atoms with van der Waals surface area (Å²) in [6.07, 6.45) is 3.00. The first-order valence-electron chi connectivity index (χ1n) is 7.75. The summed E-state index contributed by atoms with van der Waals surface area (Å²) in [6.45, 7) is 2.24. The van der Waals surface area contributed by atoms with E-state index >= 15 is 0 Å². The number of aryl methyl sites for hydroxylation is 1. The van der Waals surface area contributed by atoms with Crippen LogP contribution in [0.4, 0.5) is 0 Å². The molecule has 0 aliphatic carbocycles. The van der Waals surface area contributed by atoms with Gasteiger partial charge in [0, 0.05) is 6.07 Å². The molecule has 3 rings (SSSR count). The Balaban J connectivity index is 1.67. The molecule has 9 heteroatoms. The van der Waals surface area contributed by atoms with Gasteiger partial charge in [0.15, 0.2) is 24.2 Å². The Kier molecular flexibility index (Phi) is 5.26. The summed E-state index contributed by atoms with van der Waals surface area (Å²) >= 11 is 2.77. The predicted octanol–water partition coefficient (Wildman–Crippen LogP) is 0.882. The summed E-state index contributed by atoms with van der Waals surface area (Å²) in [7, 11) is 1.60. The number of carbonyl (C=O) groups excluding carboxylic acids is 1. The molecule has 0 unspecified atom stereocenters. The van der Waals surface area contributed by atoms with Crippen LogP contribution in [0.3, 0.4) is 0 Å². The fourth-order valence-electron chi connectivity index (χ4n) is 2.85. The van der Waals surface area contributed by atoms with E-state index in [4.69, 9.17) is 4.74 Å². The fraction of sp³-hybridized carbons (Fsp3) is 0.438. The van der Waals surface area contributed by atoms with Crippen molar-refractivity contribution < 1.29 is 29.1 Å². The Bertz CT molecular complexity index is 737. The van der Waals surface area contributed by atoms with Gasteiger partial charge in [0.1, 0.15) is 5.37 Å². The van der Waals surface area contributed by atoms with E-state index in [0.717, 1.165) is 5.75 Å². The number of rotatable bonds is 7. The summed E-state index contributed by atoms with van der Waals surface area (Å²) in [5, 5.41) is 18.9. The zero-order chi connectivity index (χ0) is 18.1. The van der Waals surface area contributed by atoms with Gasteiger partial charge in [-0.2, -0.15) is 0 Å². The highest BCUT2D eigenvalue weighted by Crippen LogP contribution is 2.53. The molecule has 0 spiro atoms. The first-order valence-corrected chi connectivity index (χ1v) is 9.62. The Morgan fingerprint density at radius 2 is 2.32 bits per heavy atom. The largest absolute Gasteiger partial charge is 0.491 e. The quantitative estimate of drug-likeness (QED) is 0.534. The van der Waals surface area contributed by atoms with Gasteiger partial charge in [-0.1, -0.05) is 11.8 Å². The maximum Gasteiger partial charge on any atom is 0.354 e. The van der Waals surface area contributed by atoms with Crippen molar-refractivity contribution in [1.29, 1.82) is 0 Å². The molecule has 0 aromatic carbocycles. The van der Waals surface area contributed by atoms with Crippen LogP contribution in [0, 0.1) is 5.92 Å². The van der Waals surface area contributed by atoms with Crippen molar-refractivity contribution in [3.05, 3.63) is 34.5 Å². The molecule has 2 aliphatic heterocycles. The first-order chi connectivity index (χ1) is 11.9. The molecule has 1 saturated heterocycles. The number of nitrogens with zero attached hydrogens (tertiary/aromatic N) is 2. The van der Waals surface area contributed by atoms with E-state index in [-0.39, 0.29) is 17.0 Å². The smallest absolute Gasteiger partial charge is 0.354 e. The Morgan fingerprint density at radius 1 is 1.56 bits per heavy atom. The van der Waals surface area contributed by atoms with Crippen LogP contribution in [-0.2, 0) is 16.1 Å². The number of ether oxygens (including phenoxy) is 1. The Morgan fingerprint density at radius 3 is 2.96 bits per heavy atom. The monoisotopic (exact) mass is 383 g/mol. The summed E-state index contributed by atoms with van der Waals surface area (Å²) in [4.78, 5) is 25.0. The van der Waals surface area contributed by atoms with Crippen LogP contribution in [0.2, 0.25) is 0 Å². The molecular formula is C16H19N2O5S2+. The van der Waals surface area contributed by atoms with Gasteiger partial charge in [-0.3, -0.25) is 9.69 Å². The summed E-state index contributed by atoms with van der Waals surface area (Å²) < 4.78 is 7.76. The van der Waals surface area contributed by atoms with Crippen molar-refractivity contribution in [2.45, 2.75) is 24.9 Å². The van der Waals surface area contributed by atoms with E-state index in [0.29, 0.717) is 16.5 Å². The average molecular weight is 383 g/mol. The molecule has 1 aromatic rings. The van der Waals surface area contributed by atoms with E-state index < -0.39 is 18.0 Å². The average Bonchev–Trinajstić information content (AvgIpc) is 2.89. The lowest BCUT2D eigenvalue weighted by molar-refractivity contribution is -0.692. The van der Waals surface area contributed by atoms with Crippen molar-refractivity contribution in [2.75, 3.05) is 12.9 Å². The zero-order valence-electron chi connectivity index (χ0n) is 13.8. The van der Waals surface area contributed by atoms with Crippen molar-refractivity contribution in [2.24, 2.45) is 5.92 Å². The lowest BCUT2D eigenvalue weighted by Gasteiger charge is -2.43. The maximum absolute atomic E-state index is 12.1. The Hall–Kier alpha value is -1.71. The van der Waals surface area contributed by atoms with Crippen LogP contribution < -0.4 is 9.30 Å². The van der Waals surface area contributed by atoms with Gasteiger partial charge in [-0.15, -0.1) is 11.8 Å². The van der Waals surface area contributed by atoms with Crippen molar-refractivity contribution >= 4 is 35.4 Å². The molecule has 0 radical (unpaired) electrons. The number of carboxylic acids is 1. The number of hydrogen-bond donors (Lipinski definition) is 2. The van der Waals surface area contributed by atoms with E-state index in [1.54, 1.807) is 14.0 Å². The highest BCUT2D eigenvalue weighted by Gasteiger charge is 2.57. The van der Waals surface area contributed by atoms with Gasteiger partial charge in [-0.05, 0) is 13.0 Å². The molecule has 2 N–H and O–H groups in total. The van der Waals surface area contributed by atoms with Crippen molar-refractivity contribution in [3.63, 3.8) is 0 Å². The lowest BCUT2D eigenvalue weighted by atomic mass is 9.92. The third kappa shape index (κ3) is 3.36. The van der Waals surface area contributed by atoms with E-state index in [2.05, 4.69) is 0 Å². The number of methoxy groups -OCH3 is 1. The minimum absolute atomic E-state index is 0.0394. The molecule has 25 heavy (non-hydrogen) atoms. The van der Waals surface area contributed by atoms with Gasteiger partial charge in [0.05, 0.1) is 29.1 Å². The SMILES string of the molecule is COc1ccc[n+](CCSC2=C(C(=O)O)N3C(=O)[C@H]([C@@H](C)O)[C@H]3S2)c1. The molecule has 0 bridgehead atoms. The van der Waals surface area contributed by atoms with Gasteiger partial charge in [0.2, 0.25) is 12.1 Å². The standard InChI is InChI=1S/C16H18N2O5S2/c1-9(19)11-13(20)18-12(15(21)22)16(25-14(11)18)24-7-6-17-5-3-4-10(8-17)23-2/h3-5,8-9,11,14,19H,6-7H2,1-2H3/p+1/t9-,11+,14-/m1/s1. The molecule has 134 valence electrons. The molecule has 3 atom stereocenters. The minimum Gasteiger partial charge on any atom is -0.491 e. The first kappa shape index (κ1) is 18.1. The second kappa shape index (κ2) is 7.27. The number of aliphatic hydroxyl groups is 1. The highest BCUT2D eigenvalue weighted by atomic mass is 32.2. The van der Waals surface area contributed by atoms with Gasteiger partial charge < -0.3 is 14.9 Å². The molecule has 0 saturated carbocycles. The van der Waals surface area contributed by atoms with Crippen LogP contribution >= 0.6 is 23.5 Å². The summed E-state index contributed by atoms with van der Waals surface area (Å²) in [5.41, 5.74) is 0.0394. The van der Waals surface area contributed by atoms with Crippen LogP contribution in [0.25, 0.3) is 0 Å². The zero-order valence-corrected chi connectivity index (χ0v) is 15.4. The second-order valence-electron chi connectivity index (χ2n) is 5.75. The number of carboxylic acid groups (broad SMARTS) is 1. The molecule has 2 aliphatic rings. The molecule has 1 amide bonds. The van der Waals surface area contributed by atoms with E-state index in [1.165, 1.54) is 28.4 Å². The molecule has 1 fully saturated rings. The third-order valence-corrected chi connectivity index (χ3v) is 6.76. The minimum atomic E-state index is -1.11. The van der Waals surface area contributed by atoms with Crippen LogP contribution in [0.15, 0.2) is 34.5 Å². The third-order valence-electron chi connectivity index (χ3n) is 4.12. The number of thioether (sulfide) groups is 2. The van der Waals surface area contributed by atoms with Crippen molar-refractivity contribution in [1.82, 2.24) is 4.90 Å². The topological polar surface area (TPSA) is 91.0 Å². The van der Waals surface area contributed by atoms with Gasteiger partial charge in [0.25, 0.3) is 0 Å². The summed E-state index contributed by atoms with van der Waals surface area (Å²) in [6, 6.07) is 3.74. The summed E-state index contributed by atoms with van der Waals surface area (Å²) in [5.74, 6) is -0.551. The van der Waals surface area contributed by atoms with Crippen molar-refractivity contribution in [3.8, 4) is 5.75 Å². The number of aliphatic hydroxyl groups excluding tert-OH is 1.